The van der Waals surface area contributed by atoms with Gasteiger partial charge in [-0.3, -0.25) is 9.59 Å². The first-order chi connectivity index (χ1) is 13.5. The van der Waals surface area contributed by atoms with Crippen molar-refractivity contribution in [1.82, 2.24) is 4.90 Å². The van der Waals surface area contributed by atoms with Crippen molar-refractivity contribution < 1.29 is 24.0 Å². The summed E-state index contributed by atoms with van der Waals surface area (Å²) in [6, 6.07) is 8.33. The SMILES string of the molecule is CC[NH+](CC)CCN1C(=O)C(=O)C(=C(O)c2ccc(F)cc2)[C@@H]1c1cccs1. The minimum atomic E-state index is -0.699. The van der Waals surface area contributed by atoms with Crippen molar-refractivity contribution >= 4 is 28.8 Å². The van der Waals surface area contributed by atoms with Crippen molar-refractivity contribution in [3.05, 3.63) is 63.6 Å². The van der Waals surface area contributed by atoms with Gasteiger partial charge < -0.3 is 14.9 Å². The lowest BCUT2D eigenvalue weighted by Gasteiger charge is -2.25. The molecule has 1 aromatic heterocycles. The number of thiophene rings is 1. The van der Waals surface area contributed by atoms with Gasteiger partial charge in [0.2, 0.25) is 0 Å². The lowest BCUT2D eigenvalue weighted by atomic mass is 10.00. The number of nitrogens with zero attached hydrogens (tertiary/aromatic N) is 1. The second-order valence-corrected chi connectivity index (χ2v) is 7.70. The van der Waals surface area contributed by atoms with E-state index in [2.05, 4.69) is 13.8 Å². The predicted molar refractivity (Wildman–Crippen MR) is 107 cm³/mol. The van der Waals surface area contributed by atoms with Crippen molar-refractivity contribution in [3.8, 4) is 0 Å². The molecule has 2 N–H and O–H groups in total. The zero-order valence-corrected chi connectivity index (χ0v) is 16.8. The Balaban J connectivity index is 2.03. The molecule has 1 amide bonds. The number of aliphatic hydroxyl groups is 1. The van der Waals surface area contributed by atoms with Crippen LogP contribution in [0.1, 0.15) is 30.3 Å². The maximum atomic E-state index is 13.2. The fourth-order valence-corrected chi connectivity index (χ4v) is 4.34. The van der Waals surface area contributed by atoms with Crippen LogP contribution in [-0.2, 0) is 9.59 Å². The number of hydrogen-bond acceptors (Lipinski definition) is 4. The molecule has 1 aliphatic rings. The average Bonchev–Trinajstić information content (AvgIpc) is 3.31. The van der Waals surface area contributed by atoms with Crippen LogP contribution in [0.2, 0.25) is 0 Å². The maximum Gasteiger partial charge on any atom is 0.295 e. The van der Waals surface area contributed by atoms with Gasteiger partial charge in [0.15, 0.2) is 0 Å². The lowest BCUT2D eigenvalue weighted by molar-refractivity contribution is -0.895. The number of likely N-dealkylation sites (N-methyl/N-ethyl adjacent to an activating group) is 1. The van der Waals surface area contributed by atoms with E-state index in [1.807, 2.05) is 17.5 Å². The van der Waals surface area contributed by atoms with E-state index in [1.165, 1.54) is 40.5 Å². The van der Waals surface area contributed by atoms with Gasteiger partial charge in [0.1, 0.15) is 11.6 Å². The zero-order valence-electron chi connectivity index (χ0n) is 15.9. The van der Waals surface area contributed by atoms with E-state index in [1.54, 1.807) is 4.90 Å². The molecule has 1 aliphatic heterocycles. The van der Waals surface area contributed by atoms with Crippen molar-refractivity contribution in [2.75, 3.05) is 26.2 Å². The lowest BCUT2D eigenvalue weighted by Crippen LogP contribution is -3.12. The first-order valence-electron chi connectivity index (χ1n) is 9.39. The van der Waals surface area contributed by atoms with E-state index >= 15 is 0 Å². The molecule has 1 aromatic carbocycles. The van der Waals surface area contributed by atoms with Crippen molar-refractivity contribution in [2.45, 2.75) is 19.9 Å². The Morgan fingerprint density at radius 3 is 2.43 bits per heavy atom. The molecule has 2 aromatic rings. The third-order valence-electron chi connectivity index (χ3n) is 5.18. The Morgan fingerprint density at radius 2 is 1.86 bits per heavy atom. The van der Waals surface area contributed by atoms with Gasteiger partial charge in [0, 0.05) is 10.4 Å². The smallest absolute Gasteiger partial charge is 0.295 e. The summed E-state index contributed by atoms with van der Waals surface area (Å²) in [7, 11) is 0. The normalized spacial score (nSPS) is 19.0. The Morgan fingerprint density at radius 1 is 1.18 bits per heavy atom. The van der Waals surface area contributed by atoms with Crippen LogP contribution in [-0.4, -0.2) is 47.9 Å². The number of amides is 1. The monoisotopic (exact) mass is 403 g/mol. The van der Waals surface area contributed by atoms with Crippen molar-refractivity contribution in [2.24, 2.45) is 0 Å². The van der Waals surface area contributed by atoms with Crippen LogP contribution in [0.25, 0.3) is 5.76 Å². The molecule has 0 unspecified atom stereocenters. The van der Waals surface area contributed by atoms with Gasteiger partial charge in [0.05, 0.1) is 37.8 Å². The molecule has 7 heteroatoms. The van der Waals surface area contributed by atoms with Gasteiger partial charge in [-0.15, -0.1) is 11.3 Å². The van der Waals surface area contributed by atoms with E-state index in [9.17, 15) is 19.1 Å². The average molecular weight is 403 g/mol. The third-order valence-corrected chi connectivity index (χ3v) is 6.10. The quantitative estimate of drug-likeness (QED) is 0.423. The van der Waals surface area contributed by atoms with Gasteiger partial charge in [-0.05, 0) is 49.6 Å². The largest absolute Gasteiger partial charge is 0.507 e. The van der Waals surface area contributed by atoms with E-state index in [0.717, 1.165) is 24.5 Å². The fourth-order valence-electron chi connectivity index (χ4n) is 3.50. The van der Waals surface area contributed by atoms with Crippen molar-refractivity contribution in [3.63, 3.8) is 0 Å². The van der Waals surface area contributed by atoms with E-state index in [-0.39, 0.29) is 11.3 Å². The number of benzene rings is 1. The summed E-state index contributed by atoms with van der Waals surface area (Å²) in [5.41, 5.74) is 0.379. The summed E-state index contributed by atoms with van der Waals surface area (Å²) in [4.78, 5) is 29.3. The van der Waals surface area contributed by atoms with Gasteiger partial charge in [-0.25, -0.2) is 4.39 Å². The summed E-state index contributed by atoms with van der Waals surface area (Å²) in [5.74, 6) is -2.01. The number of aliphatic hydroxyl groups excluding tert-OH is 1. The highest BCUT2D eigenvalue weighted by Crippen LogP contribution is 2.40. The topological polar surface area (TPSA) is 62.0 Å². The van der Waals surface area contributed by atoms with Gasteiger partial charge in [-0.1, -0.05) is 6.07 Å². The number of nitrogens with one attached hydrogen (secondary N) is 1. The van der Waals surface area contributed by atoms with E-state index in [4.69, 9.17) is 0 Å². The van der Waals surface area contributed by atoms with Crippen molar-refractivity contribution in [1.29, 1.82) is 0 Å². The van der Waals surface area contributed by atoms with Crippen LogP contribution in [0.3, 0.4) is 0 Å². The van der Waals surface area contributed by atoms with Crippen LogP contribution in [0.5, 0.6) is 0 Å². The summed E-state index contributed by atoms with van der Waals surface area (Å²) in [6.45, 7) is 7.17. The Labute approximate surface area is 167 Å². The molecule has 0 radical (unpaired) electrons. The number of carbonyl (C=O) groups is 2. The number of likely N-dealkylation sites (tertiary alicyclic amines) is 1. The minimum Gasteiger partial charge on any atom is -0.507 e. The third kappa shape index (κ3) is 3.86. The van der Waals surface area contributed by atoms with Gasteiger partial charge in [0.25, 0.3) is 11.7 Å². The highest BCUT2D eigenvalue weighted by atomic mass is 32.1. The number of rotatable bonds is 7. The summed E-state index contributed by atoms with van der Waals surface area (Å²) >= 11 is 1.43. The second kappa shape index (κ2) is 8.67. The molecule has 5 nitrogen and oxygen atoms in total. The van der Waals surface area contributed by atoms with Crippen LogP contribution >= 0.6 is 11.3 Å². The molecule has 0 saturated carbocycles. The molecular formula is C21H24FN2O3S+. The number of ketones is 1. The van der Waals surface area contributed by atoms with Crippen LogP contribution in [0.15, 0.2) is 47.4 Å². The Hall–Kier alpha value is -2.51. The van der Waals surface area contributed by atoms with Crippen LogP contribution < -0.4 is 4.90 Å². The number of Topliss-reactive ketones (excluding diaryl/α,β-unsaturated/α-hetero) is 1. The number of carbonyl (C=O) groups excluding carboxylic acids is 2. The second-order valence-electron chi connectivity index (χ2n) is 6.72. The molecule has 2 heterocycles. The highest BCUT2D eigenvalue weighted by molar-refractivity contribution is 7.10. The zero-order chi connectivity index (χ0) is 20.3. The maximum absolute atomic E-state index is 13.2. The fraction of sp³-hybridized carbons (Fsp3) is 0.333. The first-order valence-corrected chi connectivity index (χ1v) is 10.3. The highest BCUT2D eigenvalue weighted by Gasteiger charge is 2.46. The molecule has 0 bridgehead atoms. The number of quaternary nitrogens is 1. The van der Waals surface area contributed by atoms with E-state index in [0.29, 0.717) is 12.1 Å². The number of halogens is 1. The molecule has 148 valence electrons. The first kappa shape index (κ1) is 20.2. The molecule has 0 aliphatic carbocycles. The summed E-state index contributed by atoms with van der Waals surface area (Å²) < 4.78 is 13.2. The Kier molecular flexibility index (Phi) is 6.26. The van der Waals surface area contributed by atoms with Crippen LogP contribution in [0.4, 0.5) is 4.39 Å². The molecular weight excluding hydrogens is 379 g/mol. The minimum absolute atomic E-state index is 0.0635. The van der Waals surface area contributed by atoms with Gasteiger partial charge >= 0.3 is 0 Å². The molecule has 0 spiro atoms. The summed E-state index contributed by atoms with van der Waals surface area (Å²) in [6.07, 6.45) is 0. The standard InChI is InChI=1S/C21H23FN2O3S/c1-3-23(4-2)11-12-24-18(16-6-5-13-28-16)17(20(26)21(24)27)19(25)14-7-9-15(22)10-8-14/h5-10,13,18,25H,3-4,11-12H2,1-2H3/p+1/t18-/m0/s1. The van der Waals surface area contributed by atoms with E-state index < -0.39 is 23.5 Å². The number of hydrogen-bond donors (Lipinski definition) is 2. The Bertz CT molecular complexity index is 874. The van der Waals surface area contributed by atoms with Crippen LogP contribution in [0, 0.1) is 5.82 Å². The predicted octanol–water partition coefficient (Wildman–Crippen LogP) is 2.23. The molecule has 28 heavy (non-hydrogen) atoms. The molecule has 3 rings (SSSR count). The molecule has 1 atom stereocenters. The summed E-state index contributed by atoms with van der Waals surface area (Å²) in [5, 5.41) is 12.7. The molecule has 1 fully saturated rings. The molecule has 1 saturated heterocycles. The van der Waals surface area contributed by atoms with Gasteiger partial charge in [-0.2, -0.15) is 0 Å².